The van der Waals surface area contributed by atoms with Gasteiger partial charge in [-0.3, -0.25) is 4.90 Å². The van der Waals surface area contributed by atoms with Crippen molar-refractivity contribution in [2.24, 2.45) is 5.92 Å². The van der Waals surface area contributed by atoms with Gasteiger partial charge < -0.3 is 5.11 Å². The number of aliphatic carboxylic acids is 1. The summed E-state index contributed by atoms with van der Waals surface area (Å²) in [5.41, 5.74) is 1.62. The second-order valence-electron chi connectivity index (χ2n) is 6.07. The number of nitrogens with zero attached hydrogens (tertiary/aromatic N) is 1. The number of carboxylic acid groups (broad SMARTS) is 1. The Morgan fingerprint density at radius 1 is 1.48 bits per heavy atom. The molecule has 114 valence electrons. The third kappa shape index (κ3) is 4.97. The zero-order valence-electron chi connectivity index (χ0n) is 12.6. The molecule has 3 nitrogen and oxygen atoms in total. The van der Waals surface area contributed by atoms with Gasteiger partial charge in [0.2, 0.25) is 0 Å². The van der Waals surface area contributed by atoms with Crippen molar-refractivity contribution in [1.29, 1.82) is 0 Å². The molecule has 1 aromatic carbocycles. The van der Waals surface area contributed by atoms with E-state index in [0.29, 0.717) is 17.5 Å². The molecule has 0 spiro atoms. The van der Waals surface area contributed by atoms with Gasteiger partial charge >= 0.3 is 5.97 Å². The lowest BCUT2D eigenvalue weighted by atomic mass is 10.1. The first-order valence-electron chi connectivity index (χ1n) is 7.39. The van der Waals surface area contributed by atoms with E-state index in [1.54, 1.807) is 6.07 Å². The van der Waals surface area contributed by atoms with Gasteiger partial charge in [-0.2, -0.15) is 0 Å². The highest BCUT2D eigenvalue weighted by molar-refractivity contribution is 5.85. The summed E-state index contributed by atoms with van der Waals surface area (Å²) in [6.07, 6.45) is 4.96. The van der Waals surface area contributed by atoms with Crippen molar-refractivity contribution in [3.63, 3.8) is 0 Å². The standard InChI is InChI=1S/C17H22FNO2/c1-12(2)10-19(16-6-7-16)11-14-3-5-15(18)9-13(14)4-8-17(20)21/h3-5,8-9,12,16H,6-7,10-11H2,1-2H3,(H,20,21). The van der Waals surface area contributed by atoms with E-state index in [1.165, 1.54) is 31.1 Å². The first-order chi connectivity index (χ1) is 9.95. The number of carboxylic acids is 1. The number of halogens is 1. The molecule has 0 heterocycles. The van der Waals surface area contributed by atoms with Crippen LogP contribution in [0, 0.1) is 11.7 Å². The lowest BCUT2D eigenvalue weighted by Gasteiger charge is -2.25. The minimum Gasteiger partial charge on any atom is -0.478 e. The second kappa shape index (κ2) is 6.85. The van der Waals surface area contributed by atoms with Gasteiger partial charge in [-0.05, 0) is 48.1 Å². The highest BCUT2D eigenvalue weighted by Crippen LogP contribution is 2.30. The molecule has 0 unspecified atom stereocenters. The summed E-state index contributed by atoms with van der Waals surface area (Å²) in [6, 6.07) is 5.21. The third-order valence-corrected chi connectivity index (χ3v) is 3.55. The fraction of sp³-hybridized carbons (Fsp3) is 0.471. The summed E-state index contributed by atoms with van der Waals surface area (Å²) >= 11 is 0. The van der Waals surface area contributed by atoms with E-state index >= 15 is 0 Å². The highest BCUT2D eigenvalue weighted by Gasteiger charge is 2.29. The van der Waals surface area contributed by atoms with Crippen molar-refractivity contribution in [2.45, 2.75) is 39.3 Å². The van der Waals surface area contributed by atoms with E-state index < -0.39 is 5.97 Å². The summed E-state index contributed by atoms with van der Waals surface area (Å²) in [6.45, 7) is 6.11. The molecular formula is C17H22FNO2. The Hall–Kier alpha value is -1.68. The Labute approximate surface area is 125 Å². The van der Waals surface area contributed by atoms with Crippen molar-refractivity contribution >= 4 is 12.0 Å². The molecule has 1 N–H and O–H groups in total. The zero-order valence-corrected chi connectivity index (χ0v) is 12.6. The van der Waals surface area contributed by atoms with Crippen molar-refractivity contribution in [3.8, 4) is 0 Å². The fourth-order valence-electron chi connectivity index (χ4n) is 2.50. The van der Waals surface area contributed by atoms with E-state index in [0.717, 1.165) is 24.7 Å². The highest BCUT2D eigenvalue weighted by atomic mass is 19.1. The predicted molar refractivity (Wildman–Crippen MR) is 81.3 cm³/mol. The van der Waals surface area contributed by atoms with Crippen LogP contribution in [-0.2, 0) is 11.3 Å². The van der Waals surface area contributed by atoms with Gasteiger partial charge in [-0.15, -0.1) is 0 Å². The summed E-state index contributed by atoms with van der Waals surface area (Å²) in [7, 11) is 0. The first-order valence-corrected chi connectivity index (χ1v) is 7.39. The smallest absolute Gasteiger partial charge is 0.328 e. The SMILES string of the molecule is CC(C)CN(Cc1ccc(F)cc1C=CC(=O)O)C1CC1. The minimum atomic E-state index is -1.02. The Kier molecular flexibility index (Phi) is 5.12. The summed E-state index contributed by atoms with van der Waals surface area (Å²) in [5.74, 6) is -0.791. The molecule has 0 saturated heterocycles. The topological polar surface area (TPSA) is 40.5 Å². The van der Waals surface area contributed by atoms with Crippen LogP contribution < -0.4 is 0 Å². The molecule has 21 heavy (non-hydrogen) atoms. The van der Waals surface area contributed by atoms with E-state index in [9.17, 15) is 9.18 Å². The maximum atomic E-state index is 13.4. The lowest BCUT2D eigenvalue weighted by molar-refractivity contribution is -0.131. The molecular weight excluding hydrogens is 269 g/mol. The van der Waals surface area contributed by atoms with Crippen LogP contribution in [0.2, 0.25) is 0 Å². The first kappa shape index (κ1) is 15.7. The zero-order chi connectivity index (χ0) is 15.4. The molecule has 0 bridgehead atoms. The average Bonchev–Trinajstić information content (AvgIpc) is 3.21. The lowest BCUT2D eigenvalue weighted by Crippen LogP contribution is -2.29. The third-order valence-electron chi connectivity index (χ3n) is 3.55. The molecule has 0 aromatic heterocycles. The van der Waals surface area contributed by atoms with Crippen LogP contribution in [0.15, 0.2) is 24.3 Å². The number of hydrogen-bond acceptors (Lipinski definition) is 2. The van der Waals surface area contributed by atoms with Crippen molar-refractivity contribution in [2.75, 3.05) is 6.54 Å². The summed E-state index contributed by atoms with van der Waals surface area (Å²) in [4.78, 5) is 13.1. The van der Waals surface area contributed by atoms with E-state index in [2.05, 4.69) is 18.7 Å². The Bertz CT molecular complexity index is 536. The molecule has 1 aliphatic carbocycles. The number of benzene rings is 1. The van der Waals surface area contributed by atoms with E-state index in [4.69, 9.17) is 5.11 Å². The molecule has 1 saturated carbocycles. The van der Waals surface area contributed by atoms with Crippen molar-refractivity contribution in [3.05, 3.63) is 41.2 Å². The molecule has 0 aliphatic heterocycles. The Balaban J connectivity index is 2.19. The molecule has 1 aliphatic rings. The molecule has 1 aromatic rings. The van der Waals surface area contributed by atoms with Gasteiger partial charge in [-0.25, -0.2) is 9.18 Å². The maximum absolute atomic E-state index is 13.4. The van der Waals surface area contributed by atoms with Gasteiger partial charge in [0, 0.05) is 25.2 Å². The fourth-order valence-corrected chi connectivity index (χ4v) is 2.50. The van der Waals surface area contributed by atoms with Crippen LogP contribution in [0.25, 0.3) is 6.08 Å². The molecule has 0 radical (unpaired) electrons. The number of rotatable bonds is 7. The van der Waals surface area contributed by atoms with Crippen LogP contribution >= 0.6 is 0 Å². The Morgan fingerprint density at radius 2 is 2.19 bits per heavy atom. The molecule has 1 fully saturated rings. The number of carbonyl (C=O) groups is 1. The summed E-state index contributed by atoms with van der Waals surface area (Å²) in [5, 5.41) is 8.74. The molecule has 0 amide bonds. The molecule has 2 rings (SSSR count). The largest absolute Gasteiger partial charge is 0.478 e. The van der Waals surface area contributed by atoms with Crippen LogP contribution in [0.1, 0.15) is 37.8 Å². The van der Waals surface area contributed by atoms with Gasteiger partial charge in [0.15, 0.2) is 0 Å². The Morgan fingerprint density at radius 3 is 2.76 bits per heavy atom. The monoisotopic (exact) mass is 291 g/mol. The van der Waals surface area contributed by atoms with Crippen LogP contribution in [0.4, 0.5) is 4.39 Å². The van der Waals surface area contributed by atoms with Crippen LogP contribution in [-0.4, -0.2) is 28.6 Å². The van der Waals surface area contributed by atoms with Gasteiger partial charge in [0.05, 0.1) is 0 Å². The predicted octanol–water partition coefficient (Wildman–Crippen LogP) is 3.54. The minimum absolute atomic E-state index is 0.342. The van der Waals surface area contributed by atoms with E-state index in [1.807, 2.05) is 0 Å². The maximum Gasteiger partial charge on any atom is 0.328 e. The normalized spacial score (nSPS) is 15.3. The van der Waals surface area contributed by atoms with Gasteiger partial charge in [-0.1, -0.05) is 19.9 Å². The van der Waals surface area contributed by atoms with Gasteiger partial charge in [0.1, 0.15) is 5.82 Å². The molecule has 4 heteroatoms. The van der Waals surface area contributed by atoms with Crippen LogP contribution in [0.5, 0.6) is 0 Å². The van der Waals surface area contributed by atoms with Gasteiger partial charge in [0.25, 0.3) is 0 Å². The average molecular weight is 291 g/mol. The second-order valence-corrected chi connectivity index (χ2v) is 6.07. The van der Waals surface area contributed by atoms with E-state index in [-0.39, 0.29) is 5.82 Å². The number of hydrogen-bond donors (Lipinski definition) is 1. The summed E-state index contributed by atoms with van der Waals surface area (Å²) < 4.78 is 13.4. The van der Waals surface area contributed by atoms with Crippen molar-refractivity contribution in [1.82, 2.24) is 4.90 Å². The molecule has 0 atom stereocenters. The quantitative estimate of drug-likeness (QED) is 0.781. The van der Waals surface area contributed by atoms with Crippen molar-refractivity contribution < 1.29 is 14.3 Å². The van der Waals surface area contributed by atoms with Crippen LogP contribution in [0.3, 0.4) is 0 Å².